The molecule has 0 aromatic heterocycles. The number of nitrogens with zero attached hydrogens (tertiary/aromatic N) is 1. The van der Waals surface area contributed by atoms with Crippen LogP contribution >= 0.6 is 0 Å². The molecule has 2 unspecified atom stereocenters. The van der Waals surface area contributed by atoms with Crippen LogP contribution in [-0.4, -0.2) is 49.3 Å². The highest BCUT2D eigenvalue weighted by Gasteiger charge is 2.41. The molecule has 2 atom stereocenters. The maximum atomic E-state index is 5.68. The molecule has 0 bridgehead atoms. The molecule has 1 saturated heterocycles. The molecule has 2 aliphatic rings. The summed E-state index contributed by atoms with van der Waals surface area (Å²) in [6.45, 7) is 17.1. The van der Waals surface area contributed by atoms with Crippen LogP contribution in [0.1, 0.15) is 60.3 Å². The van der Waals surface area contributed by atoms with Crippen LogP contribution < -0.4 is 5.32 Å². The number of nitrogens with one attached hydrogen (secondary N) is 1. The third kappa shape index (κ3) is 4.20. The minimum Gasteiger partial charge on any atom is -0.378 e. The summed E-state index contributed by atoms with van der Waals surface area (Å²) in [5.74, 6) is 0.776. The van der Waals surface area contributed by atoms with Crippen LogP contribution in [0.5, 0.6) is 0 Å². The lowest BCUT2D eigenvalue weighted by Crippen LogP contribution is -2.58. The van der Waals surface area contributed by atoms with E-state index in [1.54, 1.807) is 0 Å². The molecule has 1 aliphatic carbocycles. The van der Waals surface area contributed by atoms with Crippen molar-refractivity contribution in [1.29, 1.82) is 0 Å². The summed E-state index contributed by atoms with van der Waals surface area (Å²) in [5, 5.41) is 3.87. The Balaban J connectivity index is 2.04. The van der Waals surface area contributed by atoms with Crippen molar-refractivity contribution in [2.45, 2.75) is 71.9 Å². The molecule has 0 aromatic rings. The van der Waals surface area contributed by atoms with Gasteiger partial charge in [-0.05, 0) is 51.0 Å². The predicted molar refractivity (Wildman–Crippen MR) is 89.7 cm³/mol. The van der Waals surface area contributed by atoms with Crippen molar-refractivity contribution in [2.75, 3.05) is 32.8 Å². The number of hydrogen-bond acceptors (Lipinski definition) is 3. The van der Waals surface area contributed by atoms with Crippen LogP contribution in [0.4, 0.5) is 0 Å². The fourth-order valence-corrected chi connectivity index (χ4v) is 4.23. The average Bonchev–Trinajstić information content (AvgIpc) is 2.39. The summed E-state index contributed by atoms with van der Waals surface area (Å²) < 4.78 is 5.68. The largest absolute Gasteiger partial charge is 0.378 e. The Morgan fingerprint density at radius 2 is 2.00 bits per heavy atom. The number of ether oxygens (including phenoxy) is 1. The van der Waals surface area contributed by atoms with E-state index in [0.29, 0.717) is 11.5 Å². The molecule has 1 heterocycles. The van der Waals surface area contributed by atoms with Crippen molar-refractivity contribution in [2.24, 2.45) is 11.3 Å². The SMILES string of the molecule is CCCNC1C(CN2CCOCC2(C)C)CCCC1(C)C. The summed E-state index contributed by atoms with van der Waals surface area (Å²) >= 11 is 0. The highest BCUT2D eigenvalue weighted by molar-refractivity contribution is 4.96. The van der Waals surface area contributed by atoms with Crippen molar-refractivity contribution >= 4 is 0 Å². The molecule has 3 heteroatoms. The van der Waals surface area contributed by atoms with Crippen molar-refractivity contribution < 1.29 is 4.74 Å². The van der Waals surface area contributed by atoms with Gasteiger partial charge in [0.05, 0.1) is 13.2 Å². The van der Waals surface area contributed by atoms with E-state index in [9.17, 15) is 0 Å². The van der Waals surface area contributed by atoms with Crippen LogP contribution in [-0.2, 0) is 4.74 Å². The molecule has 1 N–H and O–H groups in total. The van der Waals surface area contributed by atoms with E-state index in [4.69, 9.17) is 4.74 Å². The zero-order valence-electron chi connectivity index (χ0n) is 14.9. The molecule has 1 saturated carbocycles. The quantitative estimate of drug-likeness (QED) is 0.842. The lowest BCUT2D eigenvalue weighted by atomic mass is 9.67. The fraction of sp³-hybridized carbons (Fsp3) is 1.00. The van der Waals surface area contributed by atoms with E-state index < -0.39 is 0 Å². The highest BCUT2D eigenvalue weighted by Crippen LogP contribution is 2.40. The van der Waals surface area contributed by atoms with Crippen molar-refractivity contribution in [3.05, 3.63) is 0 Å². The predicted octanol–water partition coefficient (Wildman–Crippen LogP) is 3.29. The van der Waals surface area contributed by atoms with Crippen molar-refractivity contribution in [3.8, 4) is 0 Å². The summed E-state index contributed by atoms with van der Waals surface area (Å²) in [5.41, 5.74) is 0.615. The molecular formula is C18H36N2O. The second-order valence-electron chi connectivity index (χ2n) is 8.38. The maximum absolute atomic E-state index is 5.68. The third-order valence-electron chi connectivity index (χ3n) is 5.60. The average molecular weight is 296 g/mol. The van der Waals surface area contributed by atoms with Crippen LogP contribution in [0.15, 0.2) is 0 Å². The first-order chi connectivity index (χ1) is 9.87. The van der Waals surface area contributed by atoms with Gasteiger partial charge in [-0.1, -0.05) is 27.2 Å². The normalized spacial score (nSPS) is 33.0. The molecule has 2 fully saturated rings. The van der Waals surface area contributed by atoms with Crippen LogP contribution in [0, 0.1) is 11.3 Å². The Kier molecular flexibility index (Phi) is 5.72. The Morgan fingerprint density at radius 3 is 2.67 bits per heavy atom. The Labute approximate surface area is 131 Å². The van der Waals surface area contributed by atoms with Gasteiger partial charge in [0.1, 0.15) is 0 Å². The Hall–Kier alpha value is -0.120. The van der Waals surface area contributed by atoms with E-state index in [0.717, 1.165) is 32.2 Å². The van der Waals surface area contributed by atoms with Gasteiger partial charge in [0.2, 0.25) is 0 Å². The summed E-state index contributed by atoms with van der Waals surface area (Å²) in [7, 11) is 0. The molecular weight excluding hydrogens is 260 g/mol. The molecule has 2 rings (SSSR count). The minimum atomic E-state index is 0.190. The fourth-order valence-electron chi connectivity index (χ4n) is 4.23. The van der Waals surface area contributed by atoms with Gasteiger partial charge in [-0.15, -0.1) is 0 Å². The highest BCUT2D eigenvalue weighted by atomic mass is 16.5. The molecule has 0 spiro atoms. The maximum Gasteiger partial charge on any atom is 0.0645 e. The summed E-state index contributed by atoms with van der Waals surface area (Å²) in [6, 6.07) is 0.657. The van der Waals surface area contributed by atoms with Gasteiger partial charge in [-0.3, -0.25) is 4.90 Å². The molecule has 124 valence electrons. The van der Waals surface area contributed by atoms with Crippen LogP contribution in [0.2, 0.25) is 0 Å². The van der Waals surface area contributed by atoms with E-state index in [2.05, 4.69) is 44.8 Å². The standard InChI is InChI=1S/C18H36N2O/c1-6-10-19-16-15(8-7-9-17(16,2)3)13-20-11-12-21-14-18(20,4)5/h15-16,19H,6-14H2,1-5H3. The zero-order valence-corrected chi connectivity index (χ0v) is 14.9. The first-order valence-electron chi connectivity index (χ1n) is 8.93. The lowest BCUT2D eigenvalue weighted by Gasteiger charge is -2.49. The second-order valence-corrected chi connectivity index (χ2v) is 8.38. The molecule has 0 radical (unpaired) electrons. The minimum absolute atomic E-state index is 0.190. The lowest BCUT2D eigenvalue weighted by molar-refractivity contribution is -0.0659. The summed E-state index contributed by atoms with van der Waals surface area (Å²) in [4.78, 5) is 2.67. The van der Waals surface area contributed by atoms with E-state index in [1.807, 2.05) is 0 Å². The van der Waals surface area contributed by atoms with Crippen molar-refractivity contribution in [1.82, 2.24) is 10.2 Å². The first-order valence-corrected chi connectivity index (χ1v) is 8.93. The van der Waals surface area contributed by atoms with Gasteiger partial charge in [-0.2, -0.15) is 0 Å². The second kappa shape index (κ2) is 6.97. The van der Waals surface area contributed by atoms with Crippen LogP contribution in [0.3, 0.4) is 0 Å². The van der Waals surface area contributed by atoms with E-state index in [1.165, 1.54) is 32.2 Å². The molecule has 1 aliphatic heterocycles. The molecule has 0 aromatic carbocycles. The van der Waals surface area contributed by atoms with Gasteiger partial charge in [0.15, 0.2) is 0 Å². The van der Waals surface area contributed by atoms with Gasteiger partial charge >= 0.3 is 0 Å². The molecule has 21 heavy (non-hydrogen) atoms. The van der Waals surface area contributed by atoms with E-state index >= 15 is 0 Å². The van der Waals surface area contributed by atoms with Gasteiger partial charge in [0.25, 0.3) is 0 Å². The first kappa shape index (κ1) is 17.2. The Bertz CT molecular complexity index is 327. The monoisotopic (exact) mass is 296 g/mol. The van der Waals surface area contributed by atoms with Gasteiger partial charge < -0.3 is 10.1 Å². The zero-order chi connectivity index (χ0) is 15.5. The third-order valence-corrected chi connectivity index (χ3v) is 5.60. The Morgan fingerprint density at radius 1 is 1.24 bits per heavy atom. The molecule has 0 amide bonds. The molecule has 3 nitrogen and oxygen atoms in total. The topological polar surface area (TPSA) is 24.5 Å². The smallest absolute Gasteiger partial charge is 0.0645 e. The summed E-state index contributed by atoms with van der Waals surface area (Å²) in [6.07, 6.45) is 5.34. The number of morpholine rings is 1. The van der Waals surface area contributed by atoms with Gasteiger partial charge in [0, 0.05) is 24.7 Å². The number of rotatable bonds is 5. The van der Waals surface area contributed by atoms with Crippen LogP contribution in [0.25, 0.3) is 0 Å². The number of hydrogen-bond donors (Lipinski definition) is 1. The van der Waals surface area contributed by atoms with Gasteiger partial charge in [-0.25, -0.2) is 0 Å². The van der Waals surface area contributed by atoms with E-state index in [-0.39, 0.29) is 5.54 Å². The van der Waals surface area contributed by atoms with Crippen molar-refractivity contribution in [3.63, 3.8) is 0 Å².